The summed E-state index contributed by atoms with van der Waals surface area (Å²) in [6.07, 6.45) is -3.24. The van der Waals surface area contributed by atoms with Gasteiger partial charge < -0.3 is 10.4 Å². The first-order valence-electron chi connectivity index (χ1n) is 8.20. The van der Waals surface area contributed by atoms with Crippen molar-refractivity contribution in [3.8, 4) is 5.75 Å². The maximum atomic E-state index is 12.6. The van der Waals surface area contributed by atoms with Crippen molar-refractivity contribution in [2.75, 3.05) is 0 Å². The number of nitrogens with one attached hydrogen (secondary N) is 2. The number of H-pyrrole nitrogens is 1. The molecule has 0 bridgehead atoms. The van der Waals surface area contributed by atoms with Gasteiger partial charge in [-0.3, -0.25) is 9.59 Å². The molecule has 0 saturated heterocycles. The van der Waals surface area contributed by atoms with E-state index in [-0.39, 0.29) is 12.3 Å². The first-order valence-corrected chi connectivity index (χ1v) is 8.20. The Kier molecular flexibility index (Phi) is 5.48. The molecule has 0 fully saturated rings. The van der Waals surface area contributed by atoms with Crippen molar-refractivity contribution in [1.82, 2.24) is 20.4 Å². The second-order valence-electron chi connectivity index (χ2n) is 5.86. The van der Waals surface area contributed by atoms with Crippen LogP contribution in [-0.2, 0) is 12.7 Å². The lowest BCUT2D eigenvalue weighted by atomic mass is 10.1. The zero-order chi connectivity index (χ0) is 21.0. The Bertz CT molecular complexity index is 1100. The molecule has 1 amide bonds. The molecule has 3 N–H and O–H groups in total. The summed E-state index contributed by atoms with van der Waals surface area (Å²) in [6, 6.07) is 10.5. The number of alkyl halides is 3. The molecule has 0 unspecified atom stereocenters. The van der Waals surface area contributed by atoms with Crippen molar-refractivity contribution in [3.63, 3.8) is 0 Å². The summed E-state index contributed by atoms with van der Waals surface area (Å²) in [5.41, 5.74) is -1.33. The molecule has 150 valence electrons. The number of aromatic amines is 1. The molecule has 11 heteroatoms. The van der Waals surface area contributed by atoms with Gasteiger partial charge >= 0.3 is 11.7 Å². The van der Waals surface area contributed by atoms with Gasteiger partial charge in [0.25, 0.3) is 5.91 Å². The van der Waals surface area contributed by atoms with Crippen LogP contribution >= 0.6 is 0 Å². The maximum absolute atomic E-state index is 12.6. The van der Waals surface area contributed by atoms with Crippen LogP contribution in [0.2, 0.25) is 0 Å². The predicted octanol–water partition coefficient (Wildman–Crippen LogP) is 2.11. The maximum Gasteiger partial charge on any atom is 0.416 e. The van der Waals surface area contributed by atoms with Crippen LogP contribution in [0.25, 0.3) is 0 Å². The van der Waals surface area contributed by atoms with Crippen LogP contribution in [0.4, 0.5) is 13.2 Å². The number of carbonyl (C=O) groups excluding carboxylic acids is 1. The average Bonchev–Trinajstić information content (AvgIpc) is 3.06. The Morgan fingerprint density at radius 3 is 2.55 bits per heavy atom. The highest BCUT2D eigenvalue weighted by Gasteiger charge is 2.29. The smallest absolute Gasteiger partial charge is 0.416 e. The van der Waals surface area contributed by atoms with Crippen molar-refractivity contribution in [3.05, 3.63) is 81.3 Å². The molecule has 8 nitrogen and oxygen atoms in total. The molecule has 3 aromatic rings. The number of benzene rings is 2. The Balaban J connectivity index is 1.66. The summed E-state index contributed by atoms with van der Waals surface area (Å²) in [4.78, 5) is 25.0. The Labute approximate surface area is 161 Å². The molecule has 0 aliphatic carbocycles. The van der Waals surface area contributed by atoms with E-state index in [1.165, 1.54) is 24.4 Å². The van der Waals surface area contributed by atoms with Crippen LogP contribution in [0.15, 0.2) is 58.4 Å². The van der Waals surface area contributed by atoms with E-state index in [0.29, 0.717) is 15.9 Å². The summed E-state index contributed by atoms with van der Waals surface area (Å²) in [5, 5.41) is 21.7. The third-order valence-corrected chi connectivity index (χ3v) is 3.85. The fourth-order valence-corrected chi connectivity index (χ4v) is 2.31. The van der Waals surface area contributed by atoms with E-state index in [1.807, 2.05) is 0 Å². The molecule has 29 heavy (non-hydrogen) atoms. The van der Waals surface area contributed by atoms with Gasteiger partial charge in [0.15, 0.2) is 0 Å². The number of carbonyl (C=O) groups is 1. The highest BCUT2D eigenvalue weighted by atomic mass is 19.4. The highest BCUT2D eigenvalue weighted by Crippen LogP contribution is 2.29. The number of nitrogens with zero attached hydrogens (tertiary/aromatic N) is 3. The van der Waals surface area contributed by atoms with Crippen molar-refractivity contribution in [2.45, 2.75) is 12.7 Å². The van der Waals surface area contributed by atoms with E-state index in [4.69, 9.17) is 0 Å². The molecular formula is C18H14F3N5O3. The van der Waals surface area contributed by atoms with Crippen LogP contribution in [-0.4, -0.2) is 32.3 Å². The minimum Gasteiger partial charge on any atom is -0.507 e. The molecule has 1 aromatic heterocycles. The zero-order valence-electron chi connectivity index (χ0n) is 14.6. The Hall–Kier alpha value is -3.89. The molecule has 3 rings (SSSR count). The molecule has 1 heterocycles. The monoisotopic (exact) mass is 405 g/mol. The van der Waals surface area contributed by atoms with Crippen LogP contribution in [0, 0.1) is 0 Å². The lowest BCUT2D eigenvalue weighted by Gasteiger charge is -2.08. The van der Waals surface area contributed by atoms with Gasteiger partial charge in [-0.25, -0.2) is 0 Å². The number of para-hydroxylation sites is 1. The van der Waals surface area contributed by atoms with Crippen molar-refractivity contribution >= 4 is 12.1 Å². The summed E-state index contributed by atoms with van der Waals surface area (Å²) in [6.45, 7) is -0.0928. The third-order valence-electron chi connectivity index (χ3n) is 3.85. The van der Waals surface area contributed by atoms with Crippen LogP contribution in [0.3, 0.4) is 0 Å². The second kappa shape index (κ2) is 8.00. The van der Waals surface area contributed by atoms with Gasteiger partial charge in [0.05, 0.1) is 11.8 Å². The first-order chi connectivity index (χ1) is 13.8. The number of hydrogen-bond acceptors (Lipinski definition) is 5. The molecule has 2 aromatic carbocycles. The van der Waals surface area contributed by atoms with Gasteiger partial charge in [-0.15, -0.1) is 9.89 Å². The minimum atomic E-state index is -4.45. The lowest BCUT2D eigenvalue weighted by Crippen LogP contribution is -2.29. The van der Waals surface area contributed by atoms with Crippen LogP contribution in [0.5, 0.6) is 5.75 Å². The number of amides is 1. The lowest BCUT2D eigenvalue weighted by molar-refractivity contribution is -0.137. The number of hydrogen-bond donors (Lipinski definition) is 3. The molecule has 0 saturated carbocycles. The van der Waals surface area contributed by atoms with E-state index >= 15 is 0 Å². The summed E-state index contributed by atoms with van der Waals surface area (Å²) >= 11 is 0. The van der Waals surface area contributed by atoms with Gasteiger partial charge in [-0.2, -0.15) is 23.5 Å². The topological polar surface area (TPSA) is 112 Å². The van der Waals surface area contributed by atoms with Crippen LogP contribution in [0.1, 0.15) is 27.2 Å². The SMILES string of the molecule is O=C(NCc1ccc(C(F)(F)F)cc1)c1n[nH]n(N=Cc2ccccc2O)c1=O. The molecule has 0 atom stereocenters. The standard InChI is InChI=1S/C18H14F3N5O3/c19-18(20,21)13-7-5-11(6-8-13)9-22-16(28)15-17(29)26(25-24-15)23-10-12-3-1-2-4-14(12)27/h1-8,10,25,27H,9H2,(H,22,28). The van der Waals surface area contributed by atoms with Gasteiger partial charge in [0.2, 0.25) is 5.69 Å². The van der Waals surface area contributed by atoms with Gasteiger partial charge in [0, 0.05) is 12.1 Å². The minimum absolute atomic E-state index is 0.0432. The summed E-state index contributed by atoms with van der Waals surface area (Å²) in [7, 11) is 0. The molecule has 0 aliphatic heterocycles. The number of rotatable bonds is 5. The third kappa shape index (κ3) is 4.69. The highest BCUT2D eigenvalue weighted by molar-refractivity contribution is 5.91. The van der Waals surface area contributed by atoms with E-state index in [1.54, 1.807) is 18.2 Å². The van der Waals surface area contributed by atoms with E-state index < -0.39 is 28.9 Å². The second-order valence-corrected chi connectivity index (χ2v) is 5.86. The Morgan fingerprint density at radius 2 is 1.90 bits per heavy atom. The quantitative estimate of drug-likeness (QED) is 0.565. The van der Waals surface area contributed by atoms with Crippen molar-refractivity contribution in [2.24, 2.45) is 5.10 Å². The van der Waals surface area contributed by atoms with Gasteiger partial charge in [0.1, 0.15) is 5.75 Å². The average molecular weight is 405 g/mol. The normalized spacial score (nSPS) is 11.7. The molecule has 0 spiro atoms. The number of halogens is 3. The van der Waals surface area contributed by atoms with Crippen LogP contribution < -0.4 is 10.9 Å². The summed E-state index contributed by atoms with van der Waals surface area (Å²) in [5.74, 6) is -0.860. The van der Waals surface area contributed by atoms with E-state index in [9.17, 15) is 27.9 Å². The van der Waals surface area contributed by atoms with Gasteiger partial charge in [-0.05, 0) is 29.8 Å². The largest absolute Gasteiger partial charge is 0.507 e. The fourth-order valence-electron chi connectivity index (χ4n) is 2.31. The van der Waals surface area contributed by atoms with Crippen molar-refractivity contribution in [1.29, 1.82) is 0 Å². The zero-order valence-corrected chi connectivity index (χ0v) is 14.6. The van der Waals surface area contributed by atoms with E-state index in [2.05, 4.69) is 20.7 Å². The first kappa shape index (κ1) is 19.9. The van der Waals surface area contributed by atoms with E-state index in [0.717, 1.165) is 12.1 Å². The van der Waals surface area contributed by atoms with Gasteiger partial charge in [-0.1, -0.05) is 24.3 Å². The summed E-state index contributed by atoms with van der Waals surface area (Å²) < 4.78 is 37.7. The molecular weight excluding hydrogens is 391 g/mol. The fraction of sp³-hybridized carbons (Fsp3) is 0.111. The predicted molar refractivity (Wildman–Crippen MR) is 96.6 cm³/mol. The molecule has 0 radical (unpaired) electrons. The number of aromatic nitrogens is 3. The van der Waals surface area contributed by atoms with Crippen molar-refractivity contribution < 1.29 is 23.1 Å². The molecule has 0 aliphatic rings. The number of phenolic OH excluding ortho intramolecular Hbond substituents is 1. The number of aromatic hydroxyl groups is 1. The number of phenols is 1. The Morgan fingerprint density at radius 1 is 1.21 bits per heavy atom.